The quantitative estimate of drug-likeness (QED) is 0.521. The molecule has 4 aromatic rings. The summed E-state index contributed by atoms with van der Waals surface area (Å²) in [6.07, 6.45) is 1.85. The van der Waals surface area contributed by atoms with Crippen LogP contribution in [0.1, 0.15) is 11.4 Å². The molecule has 0 radical (unpaired) electrons. The van der Waals surface area contributed by atoms with Gasteiger partial charge in [0.05, 0.1) is 16.6 Å². The first kappa shape index (κ1) is 14.9. The SMILES string of the molecule is N#CC(=Cc1ccc(-c2ccccc2)cc1)c1nc2ccccc2[nH]1. The molecule has 0 saturated carbocycles. The molecule has 0 spiro atoms. The number of nitrogens with zero attached hydrogens (tertiary/aromatic N) is 2. The number of benzene rings is 3. The molecule has 0 atom stereocenters. The third-order valence-electron chi connectivity index (χ3n) is 4.09. The van der Waals surface area contributed by atoms with Crippen molar-refractivity contribution in [3.05, 3.63) is 90.3 Å². The molecule has 0 unspecified atom stereocenters. The highest BCUT2D eigenvalue weighted by molar-refractivity contribution is 5.90. The fraction of sp³-hybridized carbons (Fsp3) is 0. The van der Waals surface area contributed by atoms with Gasteiger partial charge in [0, 0.05) is 0 Å². The van der Waals surface area contributed by atoms with Gasteiger partial charge in [-0.3, -0.25) is 0 Å². The molecule has 25 heavy (non-hydrogen) atoms. The van der Waals surface area contributed by atoms with Gasteiger partial charge in [0.25, 0.3) is 0 Å². The van der Waals surface area contributed by atoms with Crippen LogP contribution in [0.3, 0.4) is 0 Å². The highest BCUT2D eigenvalue weighted by Crippen LogP contribution is 2.22. The van der Waals surface area contributed by atoms with Crippen molar-refractivity contribution in [3.8, 4) is 17.2 Å². The number of fused-ring (bicyclic) bond motifs is 1. The lowest BCUT2D eigenvalue weighted by Gasteiger charge is -2.02. The van der Waals surface area contributed by atoms with Crippen molar-refractivity contribution in [1.82, 2.24) is 9.97 Å². The standard InChI is InChI=1S/C22H15N3/c23-15-19(22-24-20-8-4-5-9-21(20)25-22)14-16-10-12-18(13-11-16)17-6-2-1-3-7-17/h1-14H,(H,24,25). The van der Waals surface area contributed by atoms with Crippen LogP contribution in [0.4, 0.5) is 0 Å². The van der Waals surface area contributed by atoms with Gasteiger partial charge in [-0.25, -0.2) is 4.98 Å². The average Bonchev–Trinajstić information content (AvgIpc) is 3.11. The molecule has 0 bridgehead atoms. The van der Waals surface area contributed by atoms with E-state index in [1.54, 1.807) is 0 Å². The van der Waals surface area contributed by atoms with Crippen LogP contribution in [-0.2, 0) is 0 Å². The van der Waals surface area contributed by atoms with E-state index in [0.717, 1.165) is 22.2 Å². The van der Waals surface area contributed by atoms with Gasteiger partial charge in [-0.15, -0.1) is 0 Å². The largest absolute Gasteiger partial charge is 0.337 e. The number of H-pyrrole nitrogens is 1. The first-order chi connectivity index (χ1) is 12.3. The third-order valence-corrected chi connectivity index (χ3v) is 4.09. The Balaban J connectivity index is 1.67. The lowest BCUT2D eigenvalue weighted by atomic mass is 10.0. The van der Waals surface area contributed by atoms with Gasteiger partial charge in [-0.05, 0) is 34.9 Å². The predicted molar refractivity (Wildman–Crippen MR) is 101 cm³/mol. The maximum Gasteiger partial charge on any atom is 0.149 e. The Morgan fingerprint density at radius 3 is 2.24 bits per heavy atom. The number of rotatable bonds is 3. The van der Waals surface area contributed by atoms with Gasteiger partial charge >= 0.3 is 0 Å². The van der Waals surface area contributed by atoms with Crippen LogP contribution >= 0.6 is 0 Å². The fourth-order valence-corrected chi connectivity index (χ4v) is 2.80. The minimum absolute atomic E-state index is 0.517. The van der Waals surface area contributed by atoms with Crippen LogP contribution < -0.4 is 0 Å². The molecule has 0 aliphatic heterocycles. The Kier molecular flexibility index (Phi) is 3.86. The number of aromatic amines is 1. The van der Waals surface area contributed by atoms with Crippen molar-refractivity contribution in [2.45, 2.75) is 0 Å². The highest BCUT2D eigenvalue weighted by atomic mass is 14.9. The van der Waals surface area contributed by atoms with E-state index in [0.29, 0.717) is 11.4 Å². The topological polar surface area (TPSA) is 52.5 Å². The van der Waals surface area contributed by atoms with E-state index in [1.165, 1.54) is 5.56 Å². The number of aromatic nitrogens is 2. The number of hydrogen-bond acceptors (Lipinski definition) is 2. The Labute approximate surface area is 145 Å². The first-order valence-corrected chi connectivity index (χ1v) is 8.06. The molecule has 1 aromatic heterocycles. The molecule has 0 aliphatic carbocycles. The summed E-state index contributed by atoms with van der Waals surface area (Å²) in [5.41, 5.74) is 5.60. The summed E-state index contributed by atoms with van der Waals surface area (Å²) < 4.78 is 0. The normalized spacial score (nSPS) is 11.4. The molecule has 0 aliphatic rings. The molecule has 118 valence electrons. The van der Waals surface area contributed by atoms with E-state index < -0.39 is 0 Å². The zero-order valence-corrected chi connectivity index (χ0v) is 13.5. The summed E-state index contributed by atoms with van der Waals surface area (Å²) in [6, 6.07) is 28.4. The lowest BCUT2D eigenvalue weighted by Crippen LogP contribution is -1.85. The number of hydrogen-bond donors (Lipinski definition) is 1. The first-order valence-electron chi connectivity index (χ1n) is 8.06. The minimum atomic E-state index is 0.517. The Morgan fingerprint density at radius 1 is 0.840 bits per heavy atom. The molecule has 3 nitrogen and oxygen atoms in total. The van der Waals surface area contributed by atoms with Crippen LogP contribution in [0.5, 0.6) is 0 Å². The van der Waals surface area contributed by atoms with Crippen molar-refractivity contribution in [1.29, 1.82) is 5.26 Å². The van der Waals surface area contributed by atoms with Crippen molar-refractivity contribution < 1.29 is 0 Å². The van der Waals surface area contributed by atoms with Crippen LogP contribution in [-0.4, -0.2) is 9.97 Å². The molecule has 3 heteroatoms. The monoisotopic (exact) mass is 321 g/mol. The van der Waals surface area contributed by atoms with E-state index in [4.69, 9.17) is 0 Å². The van der Waals surface area contributed by atoms with Crippen molar-refractivity contribution >= 4 is 22.7 Å². The maximum atomic E-state index is 9.52. The number of nitrogens with one attached hydrogen (secondary N) is 1. The number of allylic oxidation sites excluding steroid dienone is 1. The molecular weight excluding hydrogens is 306 g/mol. The number of nitriles is 1. The molecule has 1 heterocycles. The Bertz CT molecular complexity index is 1050. The minimum Gasteiger partial charge on any atom is -0.337 e. The third kappa shape index (κ3) is 3.06. The second-order valence-corrected chi connectivity index (χ2v) is 5.76. The van der Waals surface area contributed by atoms with Crippen LogP contribution in [0.2, 0.25) is 0 Å². The summed E-state index contributed by atoms with van der Waals surface area (Å²) in [4.78, 5) is 7.70. The summed E-state index contributed by atoms with van der Waals surface area (Å²) in [5, 5.41) is 9.52. The zero-order valence-electron chi connectivity index (χ0n) is 13.5. The molecule has 3 aromatic carbocycles. The summed E-state index contributed by atoms with van der Waals surface area (Å²) >= 11 is 0. The van der Waals surface area contributed by atoms with Crippen LogP contribution in [0.15, 0.2) is 78.9 Å². The fourth-order valence-electron chi connectivity index (χ4n) is 2.80. The second kappa shape index (κ2) is 6.46. The lowest BCUT2D eigenvalue weighted by molar-refractivity contribution is 1.27. The van der Waals surface area contributed by atoms with Crippen molar-refractivity contribution in [2.24, 2.45) is 0 Å². The molecule has 0 amide bonds. The molecule has 0 saturated heterocycles. The van der Waals surface area contributed by atoms with Gasteiger partial charge in [0.1, 0.15) is 11.9 Å². The van der Waals surface area contributed by atoms with Gasteiger partial charge in [-0.1, -0.05) is 66.7 Å². The van der Waals surface area contributed by atoms with Gasteiger partial charge in [0.15, 0.2) is 0 Å². The molecule has 4 rings (SSSR count). The average molecular weight is 321 g/mol. The number of para-hydroxylation sites is 2. The van der Waals surface area contributed by atoms with Gasteiger partial charge in [-0.2, -0.15) is 5.26 Å². The van der Waals surface area contributed by atoms with Crippen LogP contribution in [0, 0.1) is 11.3 Å². The molecule has 1 N–H and O–H groups in total. The maximum absolute atomic E-state index is 9.52. The smallest absolute Gasteiger partial charge is 0.149 e. The van der Waals surface area contributed by atoms with Crippen LogP contribution in [0.25, 0.3) is 33.8 Å². The summed E-state index contributed by atoms with van der Waals surface area (Å²) in [7, 11) is 0. The molecular formula is C22H15N3. The van der Waals surface area contributed by atoms with E-state index in [-0.39, 0.29) is 0 Å². The summed E-state index contributed by atoms with van der Waals surface area (Å²) in [5.74, 6) is 0.593. The van der Waals surface area contributed by atoms with E-state index >= 15 is 0 Å². The highest BCUT2D eigenvalue weighted by Gasteiger charge is 2.07. The van der Waals surface area contributed by atoms with E-state index in [2.05, 4.69) is 40.3 Å². The summed E-state index contributed by atoms with van der Waals surface area (Å²) in [6.45, 7) is 0. The predicted octanol–water partition coefficient (Wildman–Crippen LogP) is 5.29. The Hall–Kier alpha value is -3.64. The zero-order chi connectivity index (χ0) is 17.1. The van der Waals surface area contributed by atoms with Crippen molar-refractivity contribution in [3.63, 3.8) is 0 Å². The number of imidazole rings is 1. The Morgan fingerprint density at radius 2 is 1.52 bits per heavy atom. The second-order valence-electron chi connectivity index (χ2n) is 5.76. The van der Waals surface area contributed by atoms with Gasteiger partial charge < -0.3 is 4.98 Å². The van der Waals surface area contributed by atoms with Crippen molar-refractivity contribution in [2.75, 3.05) is 0 Å². The molecule has 0 fully saturated rings. The van der Waals surface area contributed by atoms with Gasteiger partial charge in [0.2, 0.25) is 0 Å². The van der Waals surface area contributed by atoms with E-state index in [1.807, 2.05) is 60.7 Å². The van der Waals surface area contributed by atoms with E-state index in [9.17, 15) is 5.26 Å².